The van der Waals surface area contributed by atoms with Gasteiger partial charge in [0.1, 0.15) is 0 Å². The van der Waals surface area contributed by atoms with Crippen LogP contribution in [0.25, 0.3) is 0 Å². The highest BCUT2D eigenvalue weighted by Gasteiger charge is 2.36. The third-order valence-corrected chi connectivity index (χ3v) is 2.50. The van der Waals surface area contributed by atoms with Crippen LogP contribution in [0.15, 0.2) is 33.5 Å². The molecule has 0 atom stereocenters. The minimum atomic E-state index is -5.11. The smallest absolute Gasteiger partial charge is 0.440 e. The summed E-state index contributed by atoms with van der Waals surface area (Å²) in [6.07, 6.45) is -5.11. The van der Waals surface area contributed by atoms with Gasteiger partial charge in [-0.2, -0.15) is 23.8 Å². The van der Waals surface area contributed by atoms with E-state index in [1.165, 1.54) is 24.3 Å². The highest BCUT2D eigenvalue weighted by Crippen LogP contribution is 2.17. The number of anilines is 1. The Bertz CT molecular complexity index is 475. The van der Waals surface area contributed by atoms with Gasteiger partial charge in [0.05, 0.1) is 0 Å². The van der Waals surface area contributed by atoms with E-state index in [1.807, 2.05) is 0 Å². The molecule has 0 aromatic heterocycles. The number of hydrogen-bond donors (Lipinski definition) is 1. The second-order valence-electron chi connectivity index (χ2n) is 2.71. The summed E-state index contributed by atoms with van der Waals surface area (Å²) in [6.45, 7) is 0. The average molecular weight is 251 g/mol. The second kappa shape index (κ2) is 4.52. The first-order valence-electron chi connectivity index (χ1n) is 3.91. The van der Waals surface area contributed by atoms with Gasteiger partial charge in [0, 0.05) is 5.69 Å². The maximum Gasteiger partial charge on any atom is 0.471 e. The van der Waals surface area contributed by atoms with Crippen molar-refractivity contribution in [2.45, 2.75) is 11.1 Å². The van der Waals surface area contributed by atoms with Crippen LogP contribution < -0.4 is 5.73 Å². The summed E-state index contributed by atoms with van der Waals surface area (Å²) in [7, 11) is -2.37. The zero-order valence-electron chi connectivity index (χ0n) is 7.69. The molecule has 0 fully saturated rings. The molecule has 1 aromatic rings. The number of rotatable bonds is 1. The van der Waals surface area contributed by atoms with Crippen LogP contribution in [0, 0.1) is 0 Å². The van der Waals surface area contributed by atoms with Gasteiger partial charge in [-0.15, -0.1) is 0 Å². The van der Waals surface area contributed by atoms with Crippen molar-refractivity contribution in [2.75, 3.05) is 5.73 Å². The van der Waals surface area contributed by atoms with Gasteiger partial charge in [-0.3, -0.25) is 4.79 Å². The molecule has 16 heavy (non-hydrogen) atoms. The van der Waals surface area contributed by atoms with Crippen molar-refractivity contribution in [3.63, 3.8) is 0 Å². The van der Waals surface area contributed by atoms with E-state index in [2.05, 4.69) is 4.36 Å². The molecule has 0 saturated heterocycles. The molecule has 0 aliphatic carbocycles. The van der Waals surface area contributed by atoms with Gasteiger partial charge in [-0.05, 0) is 12.1 Å². The normalized spacial score (nSPS) is 13.7. The number of carbonyl (C=O) groups is 1. The predicted octanol–water partition coefficient (Wildman–Crippen LogP) is 1.86. The summed E-state index contributed by atoms with van der Waals surface area (Å²) in [6, 6.07) is 5.17. The van der Waals surface area contributed by atoms with Gasteiger partial charge in [0.2, 0.25) is 0 Å². The van der Waals surface area contributed by atoms with Crippen molar-refractivity contribution in [1.29, 1.82) is 0 Å². The lowest BCUT2D eigenvalue weighted by Crippen LogP contribution is -2.20. The van der Waals surface area contributed by atoms with Gasteiger partial charge >= 0.3 is 12.1 Å². The molecule has 1 rings (SSSR count). The maximum absolute atomic E-state index is 11.8. The zero-order valence-corrected chi connectivity index (χ0v) is 8.51. The second-order valence-corrected chi connectivity index (χ2v) is 3.86. The van der Waals surface area contributed by atoms with E-state index in [-0.39, 0.29) is 4.90 Å². The van der Waals surface area contributed by atoms with Crippen molar-refractivity contribution >= 4 is 22.2 Å². The molecule has 8 heteroatoms. The van der Waals surface area contributed by atoms with E-state index in [4.69, 9.17) is 5.73 Å². The summed E-state index contributed by atoms with van der Waals surface area (Å²) >= 11 is 0. The fourth-order valence-electron chi connectivity index (χ4n) is 0.764. The van der Waals surface area contributed by atoms with Gasteiger partial charge in [0.15, 0.2) is 0 Å². The summed E-state index contributed by atoms with van der Waals surface area (Å²) in [4.78, 5) is 10.4. The monoisotopic (exact) mass is 251 g/mol. The molecule has 2 N–H and O–H groups in total. The number of nitrogen functional groups attached to an aromatic ring is 1. The van der Waals surface area contributed by atoms with E-state index in [0.717, 1.165) is 0 Å². The van der Waals surface area contributed by atoms with Crippen molar-refractivity contribution in [2.24, 2.45) is 4.36 Å². The first-order chi connectivity index (χ1) is 7.30. The highest BCUT2D eigenvalue weighted by atomic mass is 32.2. The Morgan fingerprint density at radius 1 is 1.25 bits per heavy atom. The van der Waals surface area contributed by atoms with E-state index in [9.17, 15) is 22.2 Å². The maximum atomic E-state index is 11.8. The molecule has 0 unspecified atom stereocenters. The van der Waals surface area contributed by atoms with E-state index in [0.29, 0.717) is 5.69 Å². The van der Waals surface area contributed by atoms with Crippen molar-refractivity contribution < 1.29 is 22.2 Å². The van der Waals surface area contributed by atoms with Crippen LogP contribution in [0.4, 0.5) is 18.9 Å². The Morgan fingerprint density at radius 2 is 1.75 bits per heavy atom. The number of nitrogens with two attached hydrogens (primary N) is 1. The first-order valence-corrected chi connectivity index (χ1v) is 5.01. The summed E-state index contributed by atoms with van der Waals surface area (Å²) < 4.78 is 49.1. The van der Waals surface area contributed by atoms with Crippen molar-refractivity contribution in [3.8, 4) is 0 Å². The largest absolute Gasteiger partial charge is 0.471 e. The molecule has 0 heterocycles. The molecule has 0 bridgehead atoms. The zero-order chi connectivity index (χ0) is 12.3. The Kier molecular flexibility index (Phi) is 3.53. The molecule has 0 aliphatic rings. The SMILES string of the molecule is Nc1ccc([S-](=O)=NC(=O)C(F)(F)F)cc1. The van der Waals surface area contributed by atoms with Crippen LogP contribution in [0.2, 0.25) is 0 Å². The quantitative estimate of drug-likeness (QED) is 0.611. The molecule has 88 valence electrons. The standard InChI is InChI=1S/C8H6F3N2O2S/c9-8(10,11)7(14)13-16(15)6-3-1-5(12)2-4-6/h1-4H,12H2/q-1. The summed E-state index contributed by atoms with van der Waals surface area (Å²) in [5, 5.41) is 0. The molecule has 0 aliphatic heterocycles. The molecule has 4 nitrogen and oxygen atoms in total. The number of alkyl halides is 3. The predicted molar refractivity (Wildman–Crippen MR) is 50.7 cm³/mol. The van der Waals surface area contributed by atoms with Crippen LogP contribution in [0.3, 0.4) is 0 Å². The fourth-order valence-corrected chi connectivity index (χ4v) is 1.49. The van der Waals surface area contributed by atoms with Gasteiger partial charge in [-0.25, -0.2) is 0 Å². The number of amides is 1. The van der Waals surface area contributed by atoms with Gasteiger partial charge in [0.25, 0.3) is 0 Å². The summed E-state index contributed by atoms with van der Waals surface area (Å²) in [5.74, 6) is -2.37. The molecule has 0 spiro atoms. The fraction of sp³-hybridized carbons (Fsp3) is 0.125. The lowest BCUT2D eigenvalue weighted by molar-refractivity contribution is -0.169. The Morgan fingerprint density at radius 3 is 2.19 bits per heavy atom. The Balaban J connectivity index is 2.99. The van der Waals surface area contributed by atoms with Crippen molar-refractivity contribution in [3.05, 3.63) is 24.3 Å². The number of benzene rings is 1. The lowest BCUT2D eigenvalue weighted by atomic mass is 10.3. The Hall–Kier alpha value is -1.57. The lowest BCUT2D eigenvalue weighted by Gasteiger charge is -2.06. The average Bonchev–Trinajstić information content (AvgIpc) is 2.17. The van der Waals surface area contributed by atoms with Gasteiger partial charge < -0.3 is 14.3 Å². The van der Waals surface area contributed by atoms with E-state index >= 15 is 0 Å². The Labute approximate surface area is 90.5 Å². The minimum absolute atomic E-state index is 0.0215. The van der Waals surface area contributed by atoms with Crippen LogP contribution in [-0.4, -0.2) is 12.1 Å². The third-order valence-electron chi connectivity index (χ3n) is 1.49. The van der Waals surface area contributed by atoms with Gasteiger partial charge in [-0.1, -0.05) is 17.0 Å². The van der Waals surface area contributed by atoms with Crippen LogP contribution >= 0.6 is 0 Å². The highest BCUT2D eigenvalue weighted by molar-refractivity contribution is 7.75. The van der Waals surface area contributed by atoms with Crippen molar-refractivity contribution in [1.82, 2.24) is 0 Å². The van der Waals surface area contributed by atoms with Crippen LogP contribution in [0.1, 0.15) is 0 Å². The van der Waals surface area contributed by atoms with E-state index in [1.54, 1.807) is 0 Å². The molecule has 1 amide bonds. The van der Waals surface area contributed by atoms with Crippen LogP contribution in [0.5, 0.6) is 0 Å². The summed E-state index contributed by atoms with van der Waals surface area (Å²) in [5.41, 5.74) is 5.68. The van der Waals surface area contributed by atoms with Crippen LogP contribution in [-0.2, 0) is 19.6 Å². The number of halogens is 3. The minimum Gasteiger partial charge on any atom is -0.440 e. The van der Waals surface area contributed by atoms with E-state index < -0.39 is 22.7 Å². The number of carbonyl (C=O) groups excluding carboxylic acids is 1. The molecular weight excluding hydrogens is 245 g/mol. The molecular formula is C8H6F3N2O2S-. The number of hydrogen-bond acceptors (Lipinski definition) is 4. The molecule has 0 saturated carbocycles. The molecule has 0 radical (unpaired) electrons. The molecule has 1 aromatic carbocycles. The number of nitrogens with zero attached hydrogens (tertiary/aromatic N) is 1. The first kappa shape index (κ1) is 12.5. The third kappa shape index (κ3) is 3.23. The topological polar surface area (TPSA) is 72.5 Å².